The van der Waals surface area contributed by atoms with Crippen molar-refractivity contribution >= 4 is 5.91 Å². The molecular weight excluding hydrogens is 298 g/mol. The van der Waals surface area contributed by atoms with E-state index in [4.69, 9.17) is 0 Å². The zero-order valence-electron chi connectivity index (χ0n) is 14.2. The summed E-state index contributed by atoms with van der Waals surface area (Å²) in [7, 11) is 0. The number of aromatic nitrogens is 2. The normalized spacial score (nSPS) is 10.6. The minimum absolute atomic E-state index is 0.0902. The molecule has 122 valence electrons. The Hall–Kier alpha value is -2.88. The largest absolute Gasteiger partial charge is 0.346 e. The SMILES string of the molecule is Cc1cccnc1CNC(=O)c1ccc(-n2c(C)ccc2C)cc1. The van der Waals surface area contributed by atoms with Gasteiger partial charge in [0.1, 0.15) is 0 Å². The Kier molecular flexibility index (Phi) is 4.47. The van der Waals surface area contributed by atoms with Crippen molar-refractivity contribution in [1.82, 2.24) is 14.9 Å². The molecule has 0 aliphatic heterocycles. The number of carbonyl (C=O) groups excluding carboxylic acids is 1. The van der Waals surface area contributed by atoms with E-state index in [0.717, 1.165) is 16.9 Å². The highest BCUT2D eigenvalue weighted by Gasteiger charge is 2.08. The molecule has 0 aliphatic rings. The van der Waals surface area contributed by atoms with E-state index in [2.05, 4.69) is 40.8 Å². The van der Waals surface area contributed by atoms with Gasteiger partial charge in [0.05, 0.1) is 12.2 Å². The van der Waals surface area contributed by atoms with Crippen molar-refractivity contribution < 1.29 is 4.79 Å². The van der Waals surface area contributed by atoms with Gasteiger partial charge in [0.2, 0.25) is 0 Å². The number of hydrogen-bond donors (Lipinski definition) is 1. The summed E-state index contributed by atoms with van der Waals surface area (Å²) in [6.45, 7) is 6.57. The summed E-state index contributed by atoms with van der Waals surface area (Å²) < 4.78 is 2.17. The van der Waals surface area contributed by atoms with Gasteiger partial charge in [0.15, 0.2) is 0 Å². The van der Waals surface area contributed by atoms with Crippen LogP contribution in [-0.2, 0) is 6.54 Å². The van der Waals surface area contributed by atoms with Crippen molar-refractivity contribution in [2.75, 3.05) is 0 Å². The maximum Gasteiger partial charge on any atom is 0.251 e. The molecule has 4 nitrogen and oxygen atoms in total. The standard InChI is InChI=1S/C20H21N3O/c1-14-5-4-12-21-19(14)13-22-20(24)17-8-10-18(11-9-17)23-15(2)6-7-16(23)3/h4-12H,13H2,1-3H3,(H,22,24). The second-order valence-electron chi connectivity index (χ2n) is 5.95. The molecular formula is C20H21N3O. The summed E-state index contributed by atoms with van der Waals surface area (Å²) in [6.07, 6.45) is 1.74. The van der Waals surface area contributed by atoms with Crippen LogP contribution in [0.5, 0.6) is 0 Å². The van der Waals surface area contributed by atoms with Crippen molar-refractivity contribution in [3.8, 4) is 5.69 Å². The second-order valence-corrected chi connectivity index (χ2v) is 5.95. The van der Waals surface area contributed by atoms with Crippen LogP contribution in [0.1, 0.15) is 33.0 Å². The van der Waals surface area contributed by atoms with Crippen molar-refractivity contribution in [1.29, 1.82) is 0 Å². The molecule has 0 spiro atoms. The number of nitrogens with one attached hydrogen (secondary N) is 1. The van der Waals surface area contributed by atoms with Gasteiger partial charge in [-0.15, -0.1) is 0 Å². The van der Waals surface area contributed by atoms with Crippen LogP contribution in [0.15, 0.2) is 54.7 Å². The quantitative estimate of drug-likeness (QED) is 0.796. The van der Waals surface area contributed by atoms with E-state index in [9.17, 15) is 4.79 Å². The van der Waals surface area contributed by atoms with E-state index in [-0.39, 0.29) is 5.91 Å². The van der Waals surface area contributed by atoms with Crippen LogP contribution in [0.25, 0.3) is 5.69 Å². The molecule has 2 heterocycles. The van der Waals surface area contributed by atoms with Gasteiger partial charge < -0.3 is 9.88 Å². The average Bonchev–Trinajstić information content (AvgIpc) is 2.93. The Morgan fingerprint density at radius 3 is 2.29 bits per heavy atom. The molecule has 1 amide bonds. The number of pyridine rings is 1. The fourth-order valence-corrected chi connectivity index (χ4v) is 2.81. The predicted octanol–water partition coefficient (Wildman–Crippen LogP) is 3.73. The summed E-state index contributed by atoms with van der Waals surface area (Å²) in [5.74, 6) is -0.0902. The molecule has 2 aromatic heterocycles. The second kappa shape index (κ2) is 6.71. The number of amides is 1. The van der Waals surface area contributed by atoms with E-state index < -0.39 is 0 Å². The van der Waals surface area contributed by atoms with Crippen LogP contribution in [0, 0.1) is 20.8 Å². The summed E-state index contributed by atoms with van der Waals surface area (Å²) in [5, 5.41) is 2.92. The lowest BCUT2D eigenvalue weighted by Gasteiger charge is -2.11. The lowest BCUT2D eigenvalue weighted by molar-refractivity contribution is 0.0950. The van der Waals surface area contributed by atoms with Crippen LogP contribution >= 0.6 is 0 Å². The third kappa shape index (κ3) is 3.23. The number of aryl methyl sites for hydroxylation is 3. The number of nitrogens with zero attached hydrogens (tertiary/aromatic N) is 2. The van der Waals surface area contributed by atoms with E-state index >= 15 is 0 Å². The molecule has 0 saturated carbocycles. The molecule has 3 aromatic rings. The minimum Gasteiger partial charge on any atom is -0.346 e. The molecule has 0 unspecified atom stereocenters. The van der Waals surface area contributed by atoms with Gasteiger partial charge in [-0.05, 0) is 68.8 Å². The fourth-order valence-electron chi connectivity index (χ4n) is 2.81. The fraction of sp³-hybridized carbons (Fsp3) is 0.200. The Bertz CT molecular complexity index is 843. The number of hydrogen-bond acceptors (Lipinski definition) is 2. The summed E-state index contributed by atoms with van der Waals surface area (Å²) in [4.78, 5) is 16.6. The van der Waals surface area contributed by atoms with Crippen LogP contribution in [0.2, 0.25) is 0 Å². The molecule has 24 heavy (non-hydrogen) atoms. The molecule has 0 bridgehead atoms. The molecule has 0 aliphatic carbocycles. The van der Waals surface area contributed by atoms with E-state index in [1.54, 1.807) is 6.20 Å². The first-order chi connectivity index (χ1) is 11.6. The molecule has 0 atom stereocenters. The van der Waals surface area contributed by atoms with E-state index in [1.165, 1.54) is 11.4 Å². The first-order valence-electron chi connectivity index (χ1n) is 8.00. The first kappa shape index (κ1) is 16.0. The highest BCUT2D eigenvalue weighted by molar-refractivity contribution is 5.94. The van der Waals surface area contributed by atoms with Crippen LogP contribution in [0.3, 0.4) is 0 Å². The summed E-state index contributed by atoms with van der Waals surface area (Å²) in [5.41, 5.74) is 6.03. The maximum absolute atomic E-state index is 12.3. The van der Waals surface area contributed by atoms with Crippen LogP contribution in [0.4, 0.5) is 0 Å². The molecule has 0 saturated heterocycles. The lowest BCUT2D eigenvalue weighted by Crippen LogP contribution is -2.23. The maximum atomic E-state index is 12.3. The smallest absolute Gasteiger partial charge is 0.251 e. The van der Waals surface area contributed by atoms with E-state index in [0.29, 0.717) is 12.1 Å². The number of rotatable bonds is 4. The monoisotopic (exact) mass is 319 g/mol. The van der Waals surface area contributed by atoms with Gasteiger partial charge in [-0.25, -0.2) is 0 Å². The van der Waals surface area contributed by atoms with Gasteiger partial charge in [-0.1, -0.05) is 6.07 Å². The highest BCUT2D eigenvalue weighted by Crippen LogP contribution is 2.17. The lowest BCUT2D eigenvalue weighted by atomic mass is 10.1. The molecule has 0 fully saturated rings. The third-order valence-electron chi connectivity index (χ3n) is 4.19. The Morgan fingerprint density at radius 1 is 1.00 bits per heavy atom. The van der Waals surface area contributed by atoms with Crippen molar-refractivity contribution in [3.63, 3.8) is 0 Å². The van der Waals surface area contributed by atoms with Crippen molar-refractivity contribution in [3.05, 3.63) is 82.9 Å². The molecule has 4 heteroatoms. The number of benzene rings is 1. The van der Waals surface area contributed by atoms with E-state index in [1.807, 2.05) is 43.3 Å². The van der Waals surface area contributed by atoms with Gasteiger partial charge in [0.25, 0.3) is 5.91 Å². The van der Waals surface area contributed by atoms with Gasteiger partial charge >= 0.3 is 0 Å². The Morgan fingerprint density at radius 2 is 1.67 bits per heavy atom. The first-order valence-corrected chi connectivity index (χ1v) is 8.00. The van der Waals surface area contributed by atoms with Crippen molar-refractivity contribution in [2.45, 2.75) is 27.3 Å². The summed E-state index contributed by atoms with van der Waals surface area (Å²) >= 11 is 0. The third-order valence-corrected chi connectivity index (χ3v) is 4.19. The van der Waals surface area contributed by atoms with Gasteiger partial charge in [-0.3, -0.25) is 9.78 Å². The molecule has 1 aromatic carbocycles. The Balaban J connectivity index is 1.71. The number of carbonyl (C=O) groups is 1. The Labute approximate surface area is 142 Å². The minimum atomic E-state index is -0.0902. The molecule has 0 radical (unpaired) electrons. The van der Waals surface area contributed by atoms with Crippen LogP contribution in [-0.4, -0.2) is 15.5 Å². The van der Waals surface area contributed by atoms with Gasteiger partial charge in [0, 0.05) is 28.8 Å². The molecule has 1 N–H and O–H groups in total. The summed E-state index contributed by atoms with van der Waals surface area (Å²) in [6, 6.07) is 15.7. The zero-order chi connectivity index (χ0) is 17.1. The topological polar surface area (TPSA) is 46.9 Å². The van der Waals surface area contributed by atoms with Crippen molar-refractivity contribution in [2.24, 2.45) is 0 Å². The highest BCUT2D eigenvalue weighted by atomic mass is 16.1. The average molecular weight is 319 g/mol. The predicted molar refractivity (Wildman–Crippen MR) is 95.4 cm³/mol. The zero-order valence-corrected chi connectivity index (χ0v) is 14.2. The van der Waals surface area contributed by atoms with Gasteiger partial charge in [-0.2, -0.15) is 0 Å². The molecule has 3 rings (SSSR count). The van der Waals surface area contributed by atoms with Crippen LogP contribution < -0.4 is 5.32 Å².